The van der Waals surface area contributed by atoms with E-state index in [2.05, 4.69) is 4.74 Å². The molecule has 1 heterocycles. The molecule has 1 aromatic rings. The van der Waals surface area contributed by atoms with Gasteiger partial charge in [0.2, 0.25) is 0 Å². The minimum Gasteiger partial charge on any atom is -0.491 e. The second kappa shape index (κ2) is 3.81. The number of ether oxygens (including phenoxy) is 2. The topological polar surface area (TPSA) is 61.5 Å². The summed E-state index contributed by atoms with van der Waals surface area (Å²) in [7, 11) is 1.34. The lowest BCUT2D eigenvalue weighted by molar-refractivity contribution is 0.0601. The maximum atomic E-state index is 11.4. The van der Waals surface area contributed by atoms with Gasteiger partial charge < -0.3 is 15.2 Å². The predicted octanol–water partition coefficient (Wildman–Crippen LogP) is 1.38. The van der Waals surface area contributed by atoms with Gasteiger partial charge in [0, 0.05) is 0 Å². The number of fused-ring (bicyclic) bond motifs is 1. The number of carbonyl (C=O) groups excluding carboxylic acids is 1. The number of hydrogen-bond acceptors (Lipinski definition) is 4. The number of methoxy groups -OCH3 is 1. The number of rotatable bonds is 1. The third-order valence-corrected chi connectivity index (χ3v) is 2.52. The van der Waals surface area contributed by atoms with E-state index in [-0.39, 0.29) is 0 Å². The van der Waals surface area contributed by atoms with E-state index in [1.165, 1.54) is 7.11 Å². The van der Waals surface area contributed by atoms with Gasteiger partial charge in [0.15, 0.2) is 0 Å². The molecule has 0 bridgehead atoms. The second-order valence-corrected chi connectivity index (χ2v) is 3.46. The molecule has 0 atom stereocenters. The van der Waals surface area contributed by atoms with Gasteiger partial charge in [-0.15, -0.1) is 0 Å². The summed E-state index contributed by atoms with van der Waals surface area (Å²) in [5, 5.41) is 0. The van der Waals surface area contributed by atoms with Gasteiger partial charge in [-0.2, -0.15) is 0 Å². The maximum absolute atomic E-state index is 11.4. The van der Waals surface area contributed by atoms with E-state index < -0.39 is 5.97 Å². The van der Waals surface area contributed by atoms with Gasteiger partial charge in [-0.3, -0.25) is 0 Å². The van der Waals surface area contributed by atoms with Crippen molar-refractivity contribution in [3.05, 3.63) is 23.3 Å². The molecule has 0 fully saturated rings. The summed E-state index contributed by atoms with van der Waals surface area (Å²) in [5.41, 5.74) is 7.68. The van der Waals surface area contributed by atoms with Crippen molar-refractivity contribution in [3.8, 4) is 5.75 Å². The third-order valence-electron chi connectivity index (χ3n) is 2.52. The Bertz CT molecular complexity index is 401. The molecule has 1 aromatic carbocycles. The highest BCUT2D eigenvalue weighted by molar-refractivity contribution is 5.96. The smallest absolute Gasteiger partial charge is 0.340 e. The van der Waals surface area contributed by atoms with Gasteiger partial charge in [-0.25, -0.2) is 4.79 Å². The van der Waals surface area contributed by atoms with Crippen LogP contribution in [0.4, 0.5) is 5.69 Å². The summed E-state index contributed by atoms with van der Waals surface area (Å²) in [5.74, 6) is 0.216. The standard InChI is InChI=1S/C11H13NO3/c1-14-11(13)8-5-4-7-3-2-6-15-10(7)9(8)12/h4-5H,2-3,6,12H2,1H3. The maximum Gasteiger partial charge on any atom is 0.340 e. The van der Waals surface area contributed by atoms with E-state index in [9.17, 15) is 4.79 Å². The molecule has 1 aliphatic rings. The van der Waals surface area contributed by atoms with E-state index in [1.807, 2.05) is 6.07 Å². The Morgan fingerprint density at radius 1 is 1.53 bits per heavy atom. The Morgan fingerprint density at radius 2 is 2.33 bits per heavy atom. The van der Waals surface area contributed by atoms with Crippen LogP contribution >= 0.6 is 0 Å². The van der Waals surface area contributed by atoms with Crippen LogP contribution < -0.4 is 10.5 Å². The van der Waals surface area contributed by atoms with Crippen molar-refractivity contribution in [1.29, 1.82) is 0 Å². The van der Waals surface area contributed by atoms with Crippen LogP contribution in [0.3, 0.4) is 0 Å². The third kappa shape index (κ3) is 1.63. The zero-order chi connectivity index (χ0) is 10.8. The molecule has 4 nitrogen and oxygen atoms in total. The van der Waals surface area contributed by atoms with Gasteiger partial charge >= 0.3 is 5.97 Å². The molecule has 0 spiro atoms. The van der Waals surface area contributed by atoms with Crippen molar-refractivity contribution in [1.82, 2.24) is 0 Å². The van der Waals surface area contributed by atoms with Crippen LogP contribution in [0, 0.1) is 0 Å². The SMILES string of the molecule is COC(=O)c1ccc2c(c1N)OCCC2. The molecule has 2 rings (SSSR count). The van der Waals surface area contributed by atoms with Crippen LogP contribution in [0.1, 0.15) is 22.3 Å². The molecule has 4 heteroatoms. The number of nitrogen functional groups attached to an aromatic ring is 1. The number of aryl methyl sites for hydroxylation is 1. The number of esters is 1. The lowest BCUT2D eigenvalue weighted by Gasteiger charge is -2.19. The van der Waals surface area contributed by atoms with Crippen LogP contribution in [-0.4, -0.2) is 19.7 Å². The van der Waals surface area contributed by atoms with Gasteiger partial charge in [-0.05, 0) is 24.5 Å². The monoisotopic (exact) mass is 207 g/mol. The van der Waals surface area contributed by atoms with Gasteiger partial charge in [0.05, 0.1) is 25.0 Å². The first kappa shape index (κ1) is 9.83. The fourth-order valence-electron chi connectivity index (χ4n) is 1.74. The van der Waals surface area contributed by atoms with Crippen molar-refractivity contribution in [3.63, 3.8) is 0 Å². The largest absolute Gasteiger partial charge is 0.491 e. The fraction of sp³-hybridized carbons (Fsp3) is 0.364. The summed E-state index contributed by atoms with van der Waals surface area (Å²) in [6.07, 6.45) is 1.94. The van der Waals surface area contributed by atoms with Crippen molar-refractivity contribution < 1.29 is 14.3 Å². The van der Waals surface area contributed by atoms with Crippen LogP contribution in [0.5, 0.6) is 5.75 Å². The summed E-state index contributed by atoms with van der Waals surface area (Å²) in [6, 6.07) is 3.56. The highest BCUT2D eigenvalue weighted by Gasteiger charge is 2.19. The van der Waals surface area contributed by atoms with E-state index in [1.54, 1.807) is 6.07 Å². The van der Waals surface area contributed by atoms with E-state index in [0.29, 0.717) is 23.6 Å². The van der Waals surface area contributed by atoms with Crippen LogP contribution in [-0.2, 0) is 11.2 Å². The van der Waals surface area contributed by atoms with Gasteiger partial charge in [0.1, 0.15) is 5.75 Å². The molecule has 0 unspecified atom stereocenters. The Labute approximate surface area is 88.0 Å². The normalized spacial score (nSPS) is 13.9. The molecular weight excluding hydrogens is 194 g/mol. The van der Waals surface area contributed by atoms with Gasteiger partial charge in [-0.1, -0.05) is 6.07 Å². The lowest BCUT2D eigenvalue weighted by Crippen LogP contribution is -2.14. The number of anilines is 1. The van der Waals surface area contributed by atoms with Gasteiger partial charge in [0.25, 0.3) is 0 Å². The Balaban J connectivity index is 2.47. The molecule has 0 radical (unpaired) electrons. The van der Waals surface area contributed by atoms with Crippen molar-refractivity contribution >= 4 is 11.7 Å². The van der Waals surface area contributed by atoms with Crippen LogP contribution in [0.15, 0.2) is 12.1 Å². The highest BCUT2D eigenvalue weighted by atomic mass is 16.5. The fourth-order valence-corrected chi connectivity index (χ4v) is 1.74. The molecule has 0 saturated carbocycles. The average Bonchev–Trinajstić information content (AvgIpc) is 2.29. The first-order chi connectivity index (χ1) is 7.24. The first-order valence-electron chi connectivity index (χ1n) is 4.86. The quantitative estimate of drug-likeness (QED) is 0.558. The Kier molecular flexibility index (Phi) is 2.49. The van der Waals surface area contributed by atoms with E-state index in [0.717, 1.165) is 18.4 Å². The number of carbonyl (C=O) groups is 1. The van der Waals surface area contributed by atoms with Crippen molar-refractivity contribution in [2.24, 2.45) is 0 Å². The summed E-state index contributed by atoms with van der Waals surface area (Å²) >= 11 is 0. The van der Waals surface area contributed by atoms with Crippen LogP contribution in [0.2, 0.25) is 0 Å². The minimum absolute atomic E-state index is 0.373. The highest BCUT2D eigenvalue weighted by Crippen LogP contribution is 2.33. The zero-order valence-corrected chi connectivity index (χ0v) is 8.58. The summed E-state index contributed by atoms with van der Waals surface area (Å²) < 4.78 is 10.1. The second-order valence-electron chi connectivity index (χ2n) is 3.46. The average molecular weight is 207 g/mol. The van der Waals surface area contributed by atoms with E-state index >= 15 is 0 Å². The van der Waals surface area contributed by atoms with Crippen LogP contribution in [0.25, 0.3) is 0 Å². The predicted molar refractivity (Wildman–Crippen MR) is 56.0 cm³/mol. The molecule has 2 N–H and O–H groups in total. The number of benzene rings is 1. The lowest BCUT2D eigenvalue weighted by atomic mass is 10.0. The molecule has 15 heavy (non-hydrogen) atoms. The molecule has 0 amide bonds. The molecule has 0 aromatic heterocycles. The Hall–Kier alpha value is -1.71. The first-order valence-corrected chi connectivity index (χ1v) is 4.86. The minimum atomic E-state index is -0.426. The Morgan fingerprint density at radius 3 is 3.07 bits per heavy atom. The zero-order valence-electron chi connectivity index (χ0n) is 8.58. The molecule has 1 aliphatic heterocycles. The van der Waals surface area contributed by atoms with Crippen molar-refractivity contribution in [2.75, 3.05) is 19.5 Å². The molecule has 0 aliphatic carbocycles. The molecular formula is C11H13NO3. The molecule has 80 valence electrons. The van der Waals surface area contributed by atoms with Crippen molar-refractivity contribution in [2.45, 2.75) is 12.8 Å². The number of hydrogen-bond donors (Lipinski definition) is 1. The summed E-state index contributed by atoms with van der Waals surface area (Å²) in [6.45, 7) is 0.655. The summed E-state index contributed by atoms with van der Waals surface area (Å²) in [4.78, 5) is 11.4. The molecule has 0 saturated heterocycles. The number of nitrogens with two attached hydrogens (primary N) is 1. The van der Waals surface area contributed by atoms with E-state index in [4.69, 9.17) is 10.5 Å².